The number of methoxy groups -OCH3 is 1. The van der Waals surface area contributed by atoms with Crippen molar-refractivity contribution in [1.29, 1.82) is 0 Å². The number of ether oxygens (including phenoxy) is 1. The molecule has 5 nitrogen and oxygen atoms in total. The molecule has 0 fully saturated rings. The Balaban J connectivity index is 1.60. The molecule has 0 saturated carbocycles. The van der Waals surface area contributed by atoms with Crippen LogP contribution in [0.5, 0.6) is 5.75 Å². The second kappa shape index (κ2) is 8.50. The van der Waals surface area contributed by atoms with Crippen molar-refractivity contribution in [3.8, 4) is 5.75 Å². The Labute approximate surface area is 170 Å². The standard InChI is InChI=1S/C21H18N2O3S2/c1-25-15-9-10-18-19(12-15)28-21(22-18)23(13-16-6-5-11-26-16)20(24)14-27-17-7-3-2-4-8-17/h2-12H,13-14H2,1H3. The summed E-state index contributed by atoms with van der Waals surface area (Å²) in [4.78, 5) is 20.5. The Morgan fingerprint density at radius 3 is 2.79 bits per heavy atom. The van der Waals surface area contributed by atoms with Crippen LogP contribution in [0, 0.1) is 0 Å². The van der Waals surface area contributed by atoms with E-state index in [9.17, 15) is 4.79 Å². The summed E-state index contributed by atoms with van der Waals surface area (Å²) < 4.78 is 11.7. The Kier molecular flexibility index (Phi) is 5.64. The molecule has 0 aliphatic heterocycles. The number of carbonyl (C=O) groups excluding carboxylic acids is 1. The average Bonchev–Trinajstić information content (AvgIpc) is 3.39. The molecule has 0 spiro atoms. The van der Waals surface area contributed by atoms with Gasteiger partial charge in [0, 0.05) is 4.90 Å². The minimum atomic E-state index is -0.0173. The van der Waals surface area contributed by atoms with Crippen molar-refractivity contribution in [1.82, 2.24) is 4.98 Å². The van der Waals surface area contributed by atoms with E-state index in [4.69, 9.17) is 9.15 Å². The Morgan fingerprint density at radius 1 is 1.18 bits per heavy atom. The summed E-state index contributed by atoms with van der Waals surface area (Å²) in [5.41, 5.74) is 0.841. The topological polar surface area (TPSA) is 55.6 Å². The van der Waals surface area contributed by atoms with E-state index in [1.165, 1.54) is 23.1 Å². The number of benzene rings is 2. The van der Waals surface area contributed by atoms with Gasteiger partial charge >= 0.3 is 0 Å². The van der Waals surface area contributed by atoms with Crippen molar-refractivity contribution < 1.29 is 13.9 Å². The molecule has 0 aliphatic carbocycles. The molecule has 0 bridgehead atoms. The van der Waals surface area contributed by atoms with Gasteiger partial charge in [0.15, 0.2) is 5.13 Å². The van der Waals surface area contributed by atoms with E-state index in [-0.39, 0.29) is 5.91 Å². The van der Waals surface area contributed by atoms with Crippen LogP contribution in [0.15, 0.2) is 76.2 Å². The van der Waals surface area contributed by atoms with Crippen molar-refractivity contribution in [2.75, 3.05) is 17.8 Å². The Morgan fingerprint density at radius 2 is 2.04 bits per heavy atom. The van der Waals surface area contributed by atoms with Gasteiger partial charge < -0.3 is 9.15 Å². The largest absolute Gasteiger partial charge is 0.497 e. The molecule has 0 aliphatic rings. The van der Waals surface area contributed by atoms with Crippen LogP contribution in [0.25, 0.3) is 10.2 Å². The third kappa shape index (κ3) is 4.21. The molecule has 4 aromatic rings. The lowest BCUT2D eigenvalue weighted by atomic mass is 10.3. The van der Waals surface area contributed by atoms with Crippen LogP contribution < -0.4 is 9.64 Å². The van der Waals surface area contributed by atoms with Gasteiger partial charge in [-0.2, -0.15) is 0 Å². The molecule has 0 radical (unpaired) electrons. The molecule has 4 rings (SSSR count). The first kappa shape index (κ1) is 18.6. The van der Waals surface area contributed by atoms with Gasteiger partial charge in [0.1, 0.15) is 11.5 Å². The van der Waals surface area contributed by atoms with Crippen molar-refractivity contribution in [3.63, 3.8) is 0 Å². The number of anilines is 1. The summed E-state index contributed by atoms with van der Waals surface area (Å²) in [6, 6.07) is 19.3. The fourth-order valence-corrected chi connectivity index (χ4v) is 4.50. The molecule has 0 N–H and O–H groups in total. The maximum atomic E-state index is 13.0. The summed E-state index contributed by atoms with van der Waals surface area (Å²) in [5, 5.41) is 0.651. The van der Waals surface area contributed by atoms with E-state index in [2.05, 4.69) is 4.98 Å². The van der Waals surface area contributed by atoms with Crippen molar-refractivity contribution in [2.24, 2.45) is 0 Å². The summed E-state index contributed by atoms with van der Waals surface area (Å²) in [6.07, 6.45) is 1.61. The zero-order chi connectivity index (χ0) is 19.3. The minimum Gasteiger partial charge on any atom is -0.497 e. The molecule has 7 heteroatoms. The van der Waals surface area contributed by atoms with Crippen LogP contribution in [-0.4, -0.2) is 23.8 Å². The van der Waals surface area contributed by atoms with E-state index in [0.717, 1.165) is 26.6 Å². The lowest BCUT2D eigenvalue weighted by molar-refractivity contribution is -0.116. The van der Waals surface area contributed by atoms with E-state index in [1.807, 2.05) is 60.7 Å². The summed E-state index contributed by atoms with van der Waals surface area (Å²) >= 11 is 2.98. The number of aromatic nitrogens is 1. The zero-order valence-electron chi connectivity index (χ0n) is 15.2. The third-order valence-electron chi connectivity index (χ3n) is 4.12. The molecule has 0 unspecified atom stereocenters. The highest BCUT2D eigenvalue weighted by Gasteiger charge is 2.21. The van der Waals surface area contributed by atoms with Crippen molar-refractivity contribution >= 4 is 44.4 Å². The van der Waals surface area contributed by atoms with Gasteiger partial charge in [0.2, 0.25) is 5.91 Å². The fourth-order valence-electron chi connectivity index (χ4n) is 2.70. The molecule has 0 atom stereocenters. The highest BCUT2D eigenvalue weighted by molar-refractivity contribution is 8.00. The van der Waals surface area contributed by atoms with Gasteiger partial charge in [-0.15, -0.1) is 11.8 Å². The predicted molar refractivity (Wildman–Crippen MR) is 113 cm³/mol. The second-order valence-electron chi connectivity index (χ2n) is 5.99. The van der Waals surface area contributed by atoms with Crippen LogP contribution in [0.3, 0.4) is 0 Å². The van der Waals surface area contributed by atoms with E-state index < -0.39 is 0 Å². The molecule has 2 heterocycles. The van der Waals surface area contributed by atoms with Crippen molar-refractivity contribution in [3.05, 3.63) is 72.7 Å². The van der Waals surface area contributed by atoms with Crippen LogP contribution in [0.2, 0.25) is 0 Å². The fraction of sp³-hybridized carbons (Fsp3) is 0.143. The van der Waals surface area contributed by atoms with Gasteiger partial charge in [-0.05, 0) is 42.5 Å². The maximum absolute atomic E-state index is 13.0. The molecule has 2 aromatic carbocycles. The van der Waals surface area contributed by atoms with Gasteiger partial charge in [0.25, 0.3) is 0 Å². The third-order valence-corrected chi connectivity index (χ3v) is 6.15. The Hall–Kier alpha value is -2.77. The molecule has 2 aromatic heterocycles. The summed E-state index contributed by atoms with van der Waals surface area (Å²) in [6.45, 7) is 0.345. The highest BCUT2D eigenvalue weighted by Crippen LogP contribution is 2.33. The Bertz CT molecular complexity index is 1060. The number of amides is 1. The van der Waals surface area contributed by atoms with Crippen molar-refractivity contribution in [2.45, 2.75) is 11.4 Å². The van der Waals surface area contributed by atoms with Gasteiger partial charge in [0.05, 0.1) is 35.9 Å². The smallest absolute Gasteiger partial charge is 0.239 e. The molecule has 142 valence electrons. The second-order valence-corrected chi connectivity index (χ2v) is 8.05. The van der Waals surface area contributed by atoms with Crippen LogP contribution in [0.4, 0.5) is 5.13 Å². The van der Waals surface area contributed by atoms with E-state index >= 15 is 0 Å². The molecule has 0 saturated heterocycles. The monoisotopic (exact) mass is 410 g/mol. The quantitative estimate of drug-likeness (QED) is 0.391. The van der Waals surface area contributed by atoms with Crippen LogP contribution >= 0.6 is 23.1 Å². The minimum absolute atomic E-state index is 0.0173. The number of nitrogens with zero attached hydrogens (tertiary/aromatic N) is 2. The maximum Gasteiger partial charge on any atom is 0.239 e. The first-order chi connectivity index (χ1) is 13.7. The first-order valence-corrected chi connectivity index (χ1v) is 10.5. The molecule has 1 amide bonds. The first-order valence-electron chi connectivity index (χ1n) is 8.68. The number of carbonyl (C=O) groups is 1. The van der Waals surface area contributed by atoms with Gasteiger partial charge in [-0.3, -0.25) is 9.69 Å². The lowest BCUT2D eigenvalue weighted by Crippen LogP contribution is -2.31. The molecule has 28 heavy (non-hydrogen) atoms. The lowest BCUT2D eigenvalue weighted by Gasteiger charge is -2.18. The number of furan rings is 1. The number of hydrogen-bond donors (Lipinski definition) is 0. The number of rotatable bonds is 7. The van der Waals surface area contributed by atoms with Gasteiger partial charge in [-0.1, -0.05) is 29.5 Å². The average molecular weight is 411 g/mol. The van der Waals surface area contributed by atoms with E-state index in [0.29, 0.717) is 17.4 Å². The highest BCUT2D eigenvalue weighted by atomic mass is 32.2. The van der Waals surface area contributed by atoms with Crippen LogP contribution in [-0.2, 0) is 11.3 Å². The number of fused-ring (bicyclic) bond motifs is 1. The number of hydrogen-bond acceptors (Lipinski definition) is 6. The zero-order valence-corrected chi connectivity index (χ0v) is 16.8. The molecular weight excluding hydrogens is 392 g/mol. The van der Waals surface area contributed by atoms with Gasteiger partial charge in [-0.25, -0.2) is 4.98 Å². The van der Waals surface area contributed by atoms with E-state index in [1.54, 1.807) is 18.3 Å². The predicted octanol–water partition coefficient (Wildman–Crippen LogP) is 5.22. The normalized spacial score (nSPS) is 10.9. The molecular formula is C21H18N2O3S2. The number of thioether (sulfide) groups is 1. The summed E-state index contributed by atoms with van der Waals surface area (Å²) in [5.74, 6) is 1.79. The van der Waals surface area contributed by atoms with Crippen LogP contribution in [0.1, 0.15) is 5.76 Å². The SMILES string of the molecule is COc1ccc2nc(N(Cc3ccco3)C(=O)CSc3ccccc3)sc2c1. The number of thiazole rings is 1. The summed E-state index contributed by atoms with van der Waals surface area (Å²) in [7, 11) is 1.64.